The largest absolute Gasteiger partial charge is 0.509 e. The van der Waals surface area contributed by atoms with Crippen molar-refractivity contribution in [3.63, 3.8) is 0 Å². The molecule has 0 heterocycles. The van der Waals surface area contributed by atoms with E-state index in [4.69, 9.17) is 37.4 Å². The summed E-state index contributed by atoms with van der Waals surface area (Å²) in [5.41, 5.74) is 0. The normalized spacial score (nSPS) is 14.9. The molecule has 0 saturated carbocycles. The van der Waals surface area contributed by atoms with Crippen LogP contribution < -0.4 is 10.4 Å². The maximum atomic E-state index is 14.6. The average Bonchev–Trinajstić information content (AvgIpc) is 2.40. The summed E-state index contributed by atoms with van der Waals surface area (Å²) >= 11 is 18.3. The summed E-state index contributed by atoms with van der Waals surface area (Å²) in [6, 6.07) is 17.1. The Morgan fingerprint density at radius 2 is 1.16 bits per heavy atom. The zero-order chi connectivity index (χ0) is 13.9. The van der Waals surface area contributed by atoms with Gasteiger partial charge in [-0.15, -0.1) is 22.2 Å². The SMILES string of the molecule is F[Si](Cl)(O[Si](Cl)(Cl)c1ccccc1)c1ccccc1. The molecule has 7 heteroatoms. The lowest BCUT2D eigenvalue weighted by atomic mass is 10.4. The van der Waals surface area contributed by atoms with Crippen molar-refractivity contribution < 1.29 is 8.22 Å². The first-order valence-electron chi connectivity index (χ1n) is 5.49. The third-order valence-corrected chi connectivity index (χ3v) is 10.6. The van der Waals surface area contributed by atoms with Crippen molar-refractivity contribution in [3.05, 3.63) is 60.7 Å². The lowest BCUT2D eigenvalue weighted by molar-refractivity contribution is 0.529. The van der Waals surface area contributed by atoms with Crippen molar-refractivity contribution in [2.24, 2.45) is 0 Å². The Balaban J connectivity index is 2.25. The van der Waals surface area contributed by atoms with Crippen molar-refractivity contribution in [2.75, 3.05) is 0 Å². The zero-order valence-electron chi connectivity index (χ0n) is 9.69. The van der Waals surface area contributed by atoms with Crippen molar-refractivity contribution in [3.8, 4) is 0 Å². The Hall–Kier alpha value is -0.366. The van der Waals surface area contributed by atoms with Gasteiger partial charge < -0.3 is 4.12 Å². The van der Waals surface area contributed by atoms with Crippen molar-refractivity contribution in [2.45, 2.75) is 0 Å². The summed E-state index contributed by atoms with van der Waals surface area (Å²) in [5.74, 6) is 0. The Labute approximate surface area is 127 Å². The molecule has 2 rings (SSSR count). The van der Waals surface area contributed by atoms with Gasteiger partial charge in [0.25, 0.3) is 0 Å². The van der Waals surface area contributed by atoms with E-state index in [2.05, 4.69) is 0 Å². The van der Waals surface area contributed by atoms with Crippen LogP contribution in [0.5, 0.6) is 0 Å². The van der Waals surface area contributed by atoms with Crippen LogP contribution in [0, 0.1) is 0 Å². The molecule has 100 valence electrons. The third kappa shape index (κ3) is 3.81. The van der Waals surface area contributed by atoms with Gasteiger partial charge in [0.15, 0.2) is 0 Å². The van der Waals surface area contributed by atoms with E-state index in [1.807, 2.05) is 6.07 Å². The fourth-order valence-corrected chi connectivity index (χ4v) is 9.73. The van der Waals surface area contributed by atoms with Crippen molar-refractivity contribution in [1.82, 2.24) is 0 Å². The maximum absolute atomic E-state index is 14.6. The van der Waals surface area contributed by atoms with Gasteiger partial charge in [-0.3, -0.25) is 4.11 Å². The molecule has 1 nitrogen and oxygen atoms in total. The Morgan fingerprint density at radius 3 is 1.63 bits per heavy atom. The predicted molar refractivity (Wildman–Crippen MR) is 83.4 cm³/mol. The van der Waals surface area contributed by atoms with E-state index in [0.717, 1.165) is 0 Å². The predicted octanol–water partition coefficient (Wildman–Crippen LogP) is 3.38. The van der Waals surface area contributed by atoms with Crippen LogP contribution in [0.2, 0.25) is 0 Å². The van der Waals surface area contributed by atoms with E-state index in [-0.39, 0.29) is 0 Å². The monoisotopic (exact) mass is 350 g/mol. The molecule has 0 bridgehead atoms. The van der Waals surface area contributed by atoms with Crippen molar-refractivity contribution >= 4 is 58.5 Å². The van der Waals surface area contributed by atoms with Crippen LogP contribution in [-0.2, 0) is 4.12 Å². The van der Waals surface area contributed by atoms with Gasteiger partial charge in [-0.05, 0) is 5.19 Å². The molecule has 1 unspecified atom stereocenters. The summed E-state index contributed by atoms with van der Waals surface area (Å²) in [7, 11) is -4.13. The first-order valence-corrected chi connectivity index (χ1v) is 12.2. The van der Waals surface area contributed by atoms with E-state index in [1.165, 1.54) is 0 Å². The van der Waals surface area contributed by atoms with Gasteiger partial charge in [-0.1, -0.05) is 71.7 Å². The van der Waals surface area contributed by atoms with Gasteiger partial charge in [-0.2, -0.15) is 0 Å². The molecule has 0 fully saturated rings. The molecule has 0 aromatic heterocycles. The molecule has 2 aromatic rings. The smallest absolute Gasteiger partial charge is 0.391 e. The first-order chi connectivity index (χ1) is 8.92. The van der Waals surface area contributed by atoms with Crippen LogP contribution >= 0.6 is 33.2 Å². The van der Waals surface area contributed by atoms with Gasteiger partial charge in [0.2, 0.25) is 0 Å². The second-order valence-electron chi connectivity index (χ2n) is 3.87. The molecular formula is C12H10Cl3FOSi2. The lowest BCUT2D eigenvalue weighted by Gasteiger charge is -2.24. The molecule has 0 saturated heterocycles. The van der Waals surface area contributed by atoms with E-state index in [9.17, 15) is 4.11 Å². The highest BCUT2D eigenvalue weighted by molar-refractivity contribution is 7.50. The number of hydrogen-bond donors (Lipinski definition) is 0. The highest BCUT2D eigenvalue weighted by atomic mass is 35.7. The molecule has 0 N–H and O–H groups in total. The quantitative estimate of drug-likeness (QED) is 0.606. The van der Waals surface area contributed by atoms with Gasteiger partial charge in [0.1, 0.15) is 0 Å². The minimum absolute atomic E-state index is 0.297. The molecule has 0 aliphatic rings. The minimum atomic E-state index is -4.13. The van der Waals surface area contributed by atoms with Crippen LogP contribution in [0.15, 0.2) is 60.7 Å². The van der Waals surface area contributed by atoms with Gasteiger partial charge in [-0.25, -0.2) is 0 Å². The van der Waals surface area contributed by atoms with E-state index >= 15 is 0 Å². The summed E-state index contributed by atoms with van der Waals surface area (Å²) in [5, 5.41) is 0.871. The van der Waals surface area contributed by atoms with Crippen LogP contribution in [0.1, 0.15) is 0 Å². The molecule has 0 amide bonds. The summed E-state index contributed by atoms with van der Waals surface area (Å²) in [6.45, 7) is -3.40. The van der Waals surface area contributed by atoms with E-state index < -0.39 is 14.9 Å². The molecule has 19 heavy (non-hydrogen) atoms. The number of halogens is 4. The number of rotatable bonds is 4. The molecule has 2 aromatic carbocycles. The molecular weight excluding hydrogens is 342 g/mol. The van der Waals surface area contributed by atoms with Crippen molar-refractivity contribution in [1.29, 1.82) is 0 Å². The average molecular weight is 352 g/mol. The molecule has 0 spiro atoms. The second kappa shape index (κ2) is 5.95. The van der Waals surface area contributed by atoms with Crippen LogP contribution in [-0.4, -0.2) is 14.9 Å². The third-order valence-electron chi connectivity index (χ3n) is 2.48. The number of benzene rings is 2. The fraction of sp³-hybridized carbons (Fsp3) is 0. The molecule has 0 aliphatic carbocycles. The molecule has 1 atom stereocenters. The summed E-state index contributed by atoms with van der Waals surface area (Å²) in [4.78, 5) is 0. The first kappa shape index (κ1) is 15.0. The highest BCUT2D eigenvalue weighted by Gasteiger charge is 2.48. The van der Waals surface area contributed by atoms with Crippen LogP contribution in [0.4, 0.5) is 4.11 Å². The standard InChI is InChI=1S/C12H10Cl3FOSi2/c13-18(14,11-7-3-1-4-8-11)17-19(15,16)12-9-5-2-6-10-12/h1-10H. The Kier molecular flexibility index (Phi) is 4.71. The highest BCUT2D eigenvalue weighted by Crippen LogP contribution is 2.25. The lowest BCUT2D eigenvalue weighted by Crippen LogP contribution is -2.53. The van der Waals surface area contributed by atoms with Gasteiger partial charge >= 0.3 is 14.9 Å². The Bertz CT molecular complexity index is 488. The zero-order valence-corrected chi connectivity index (χ0v) is 14.0. The number of hydrogen-bond acceptors (Lipinski definition) is 1. The fourth-order valence-electron chi connectivity index (χ4n) is 1.54. The van der Waals surface area contributed by atoms with E-state index in [0.29, 0.717) is 10.4 Å². The summed E-state index contributed by atoms with van der Waals surface area (Å²) in [6.07, 6.45) is 0. The minimum Gasteiger partial charge on any atom is -0.391 e. The van der Waals surface area contributed by atoms with E-state index in [1.54, 1.807) is 54.6 Å². The topological polar surface area (TPSA) is 9.23 Å². The maximum Gasteiger partial charge on any atom is 0.509 e. The summed E-state index contributed by atoms with van der Waals surface area (Å²) < 4.78 is 19.9. The molecule has 0 radical (unpaired) electrons. The second-order valence-corrected chi connectivity index (χ2v) is 13.1. The van der Waals surface area contributed by atoms with Crippen LogP contribution in [0.25, 0.3) is 0 Å². The van der Waals surface area contributed by atoms with Crippen LogP contribution in [0.3, 0.4) is 0 Å². The van der Waals surface area contributed by atoms with Gasteiger partial charge in [0, 0.05) is 5.19 Å². The molecule has 0 aliphatic heterocycles. The Morgan fingerprint density at radius 1 is 0.737 bits per heavy atom. The van der Waals surface area contributed by atoms with Gasteiger partial charge in [0.05, 0.1) is 0 Å².